The summed E-state index contributed by atoms with van der Waals surface area (Å²) in [7, 11) is 3.16. The summed E-state index contributed by atoms with van der Waals surface area (Å²) in [6.45, 7) is 4.95. The number of ether oxygens (including phenoxy) is 3. The van der Waals surface area contributed by atoms with E-state index in [4.69, 9.17) is 14.2 Å². The minimum atomic E-state index is -0.0590. The molecular formula is C20H25NO4. The third kappa shape index (κ3) is 5.71. The lowest BCUT2D eigenvalue weighted by Crippen LogP contribution is -2.29. The first-order valence-electron chi connectivity index (χ1n) is 8.20. The van der Waals surface area contributed by atoms with Crippen LogP contribution < -0.4 is 19.5 Å². The van der Waals surface area contributed by atoms with Crippen molar-refractivity contribution in [2.75, 3.05) is 27.4 Å². The van der Waals surface area contributed by atoms with Gasteiger partial charge in [-0.2, -0.15) is 0 Å². The van der Waals surface area contributed by atoms with Gasteiger partial charge in [-0.1, -0.05) is 12.1 Å². The maximum absolute atomic E-state index is 12.0. The highest BCUT2D eigenvalue weighted by atomic mass is 16.5. The first-order chi connectivity index (χ1) is 12.0. The van der Waals surface area contributed by atoms with Crippen LogP contribution in [0.2, 0.25) is 0 Å². The average Bonchev–Trinajstić information content (AvgIpc) is 2.57. The minimum Gasteiger partial charge on any atom is -0.493 e. The molecule has 5 heteroatoms. The number of hydrogen-bond acceptors (Lipinski definition) is 4. The quantitative estimate of drug-likeness (QED) is 0.749. The van der Waals surface area contributed by atoms with E-state index >= 15 is 0 Å². The summed E-state index contributed by atoms with van der Waals surface area (Å²) in [5.41, 5.74) is 3.19. The smallest absolute Gasteiger partial charge is 0.224 e. The predicted molar refractivity (Wildman–Crippen MR) is 97.7 cm³/mol. The standard InChI is InChI=1S/C20H25NO4/c1-14-9-15(2)11-17(10-14)25-8-7-21-20(22)13-16-5-6-18(23-3)19(12-16)24-4/h5-6,9-12H,7-8,13H2,1-4H3,(H,21,22). The van der Waals surface area contributed by atoms with Gasteiger partial charge in [0.2, 0.25) is 5.91 Å². The molecule has 0 aliphatic rings. The molecule has 0 heterocycles. The summed E-state index contributed by atoms with van der Waals surface area (Å²) in [5.74, 6) is 2.03. The molecule has 2 aromatic rings. The molecule has 0 saturated heterocycles. The Kier molecular flexibility index (Phi) is 6.69. The molecule has 0 saturated carbocycles. The molecule has 2 aromatic carbocycles. The van der Waals surface area contributed by atoms with Crippen LogP contribution in [-0.2, 0) is 11.2 Å². The van der Waals surface area contributed by atoms with Crippen LogP contribution in [0.15, 0.2) is 36.4 Å². The summed E-state index contributed by atoms with van der Waals surface area (Å²) in [4.78, 5) is 12.0. The number of rotatable bonds is 8. The van der Waals surface area contributed by atoms with Crippen LogP contribution in [0.5, 0.6) is 17.2 Å². The van der Waals surface area contributed by atoms with Crippen LogP contribution in [0, 0.1) is 13.8 Å². The van der Waals surface area contributed by atoms with E-state index in [2.05, 4.69) is 11.4 Å². The Morgan fingerprint density at radius 3 is 2.28 bits per heavy atom. The highest BCUT2D eigenvalue weighted by Crippen LogP contribution is 2.27. The summed E-state index contributed by atoms with van der Waals surface area (Å²) in [6.07, 6.45) is 0.282. The van der Waals surface area contributed by atoms with E-state index in [1.807, 2.05) is 38.1 Å². The molecule has 5 nitrogen and oxygen atoms in total. The van der Waals surface area contributed by atoms with Crippen LogP contribution >= 0.6 is 0 Å². The van der Waals surface area contributed by atoms with Crippen LogP contribution in [0.4, 0.5) is 0 Å². The summed E-state index contributed by atoms with van der Waals surface area (Å²) in [6, 6.07) is 11.5. The SMILES string of the molecule is COc1ccc(CC(=O)NCCOc2cc(C)cc(C)c2)cc1OC. The number of aryl methyl sites for hydroxylation is 2. The Balaban J connectivity index is 1.79. The first kappa shape index (κ1) is 18.6. The van der Waals surface area contributed by atoms with E-state index in [1.165, 1.54) is 0 Å². The van der Waals surface area contributed by atoms with E-state index in [9.17, 15) is 4.79 Å². The molecule has 0 unspecified atom stereocenters. The third-order valence-corrected chi connectivity index (χ3v) is 3.70. The molecule has 0 bridgehead atoms. The fourth-order valence-electron chi connectivity index (χ4n) is 2.61. The van der Waals surface area contributed by atoms with E-state index in [1.54, 1.807) is 20.3 Å². The number of carbonyl (C=O) groups is 1. The topological polar surface area (TPSA) is 56.8 Å². The van der Waals surface area contributed by atoms with Gasteiger partial charge < -0.3 is 19.5 Å². The first-order valence-corrected chi connectivity index (χ1v) is 8.20. The molecule has 0 spiro atoms. The second-order valence-corrected chi connectivity index (χ2v) is 5.89. The molecule has 134 valence electrons. The van der Waals surface area contributed by atoms with E-state index < -0.39 is 0 Å². The molecule has 0 aliphatic carbocycles. The molecule has 1 N–H and O–H groups in total. The molecule has 2 rings (SSSR count). The fraction of sp³-hybridized carbons (Fsp3) is 0.350. The van der Waals surface area contributed by atoms with Gasteiger partial charge in [-0.15, -0.1) is 0 Å². The Labute approximate surface area is 148 Å². The molecular weight excluding hydrogens is 318 g/mol. The van der Waals surface area contributed by atoms with Gasteiger partial charge in [-0.25, -0.2) is 0 Å². The fourth-order valence-corrected chi connectivity index (χ4v) is 2.61. The number of methoxy groups -OCH3 is 2. The Hall–Kier alpha value is -2.69. The van der Waals surface area contributed by atoms with Gasteiger partial charge in [0.1, 0.15) is 12.4 Å². The van der Waals surface area contributed by atoms with Crippen LogP contribution in [-0.4, -0.2) is 33.3 Å². The summed E-state index contributed by atoms with van der Waals surface area (Å²) < 4.78 is 16.1. The number of amides is 1. The van der Waals surface area contributed by atoms with Crippen LogP contribution in [0.25, 0.3) is 0 Å². The van der Waals surface area contributed by atoms with Crippen molar-refractivity contribution in [3.63, 3.8) is 0 Å². The molecule has 0 aliphatic heterocycles. The molecule has 0 fully saturated rings. The number of hydrogen-bond donors (Lipinski definition) is 1. The second-order valence-electron chi connectivity index (χ2n) is 5.89. The maximum atomic E-state index is 12.0. The maximum Gasteiger partial charge on any atom is 0.224 e. The van der Waals surface area contributed by atoms with Gasteiger partial charge in [0, 0.05) is 0 Å². The molecule has 0 aromatic heterocycles. The highest BCUT2D eigenvalue weighted by Gasteiger charge is 2.08. The molecule has 25 heavy (non-hydrogen) atoms. The Bertz CT molecular complexity index is 707. The average molecular weight is 343 g/mol. The zero-order valence-electron chi connectivity index (χ0n) is 15.2. The molecule has 1 amide bonds. The third-order valence-electron chi connectivity index (χ3n) is 3.70. The zero-order chi connectivity index (χ0) is 18.2. The van der Waals surface area contributed by atoms with Crippen molar-refractivity contribution in [1.29, 1.82) is 0 Å². The second kappa shape index (κ2) is 8.97. The van der Waals surface area contributed by atoms with Crippen molar-refractivity contribution in [2.24, 2.45) is 0 Å². The lowest BCUT2D eigenvalue weighted by Gasteiger charge is -2.11. The Morgan fingerprint density at radius 2 is 1.64 bits per heavy atom. The highest BCUT2D eigenvalue weighted by molar-refractivity contribution is 5.78. The number of carbonyl (C=O) groups excluding carboxylic acids is 1. The van der Waals surface area contributed by atoms with Crippen molar-refractivity contribution in [2.45, 2.75) is 20.3 Å². The monoisotopic (exact) mass is 343 g/mol. The predicted octanol–water partition coefficient (Wildman–Crippen LogP) is 3.06. The van der Waals surface area contributed by atoms with Gasteiger partial charge in [0.25, 0.3) is 0 Å². The lowest BCUT2D eigenvalue weighted by atomic mass is 10.1. The van der Waals surface area contributed by atoms with E-state index in [0.29, 0.717) is 24.7 Å². The minimum absolute atomic E-state index is 0.0590. The van der Waals surface area contributed by atoms with Crippen molar-refractivity contribution in [3.8, 4) is 17.2 Å². The number of benzene rings is 2. The van der Waals surface area contributed by atoms with Crippen molar-refractivity contribution < 1.29 is 19.0 Å². The van der Waals surface area contributed by atoms with Gasteiger partial charge in [-0.05, 0) is 54.8 Å². The van der Waals surface area contributed by atoms with Crippen molar-refractivity contribution in [1.82, 2.24) is 5.32 Å². The largest absolute Gasteiger partial charge is 0.493 e. The summed E-state index contributed by atoms with van der Waals surface area (Å²) in [5, 5.41) is 2.86. The Morgan fingerprint density at radius 1 is 0.960 bits per heavy atom. The number of nitrogens with one attached hydrogen (secondary N) is 1. The van der Waals surface area contributed by atoms with Crippen LogP contribution in [0.1, 0.15) is 16.7 Å². The molecule has 0 atom stereocenters. The van der Waals surface area contributed by atoms with E-state index in [0.717, 1.165) is 22.4 Å². The van der Waals surface area contributed by atoms with Crippen LogP contribution in [0.3, 0.4) is 0 Å². The van der Waals surface area contributed by atoms with E-state index in [-0.39, 0.29) is 12.3 Å². The zero-order valence-corrected chi connectivity index (χ0v) is 15.2. The normalized spacial score (nSPS) is 10.2. The van der Waals surface area contributed by atoms with Gasteiger partial charge in [0.05, 0.1) is 27.2 Å². The lowest BCUT2D eigenvalue weighted by molar-refractivity contribution is -0.120. The van der Waals surface area contributed by atoms with Crippen molar-refractivity contribution in [3.05, 3.63) is 53.1 Å². The van der Waals surface area contributed by atoms with Gasteiger partial charge in [-0.3, -0.25) is 4.79 Å². The summed E-state index contributed by atoms with van der Waals surface area (Å²) >= 11 is 0. The van der Waals surface area contributed by atoms with Crippen molar-refractivity contribution >= 4 is 5.91 Å². The van der Waals surface area contributed by atoms with Gasteiger partial charge in [0.15, 0.2) is 11.5 Å². The van der Waals surface area contributed by atoms with Gasteiger partial charge >= 0.3 is 0 Å². The molecule has 0 radical (unpaired) electrons.